The molecule has 2 N–H and O–H groups in total. The van der Waals surface area contributed by atoms with Crippen LogP contribution in [0.4, 0.5) is 11.4 Å². The van der Waals surface area contributed by atoms with Crippen LogP contribution in [0.2, 0.25) is 5.02 Å². The molecule has 1 unspecified atom stereocenters. The molecule has 1 atom stereocenters. The number of anilines is 2. The van der Waals surface area contributed by atoms with Gasteiger partial charge in [-0.05, 0) is 78.6 Å². The van der Waals surface area contributed by atoms with Gasteiger partial charge in [0.1, 0.15) is 5.25 Å². The van der Waals surface area contributed by atoms with Gasteiger partial charge < -0.3 is 10.6 Å². The van der Waals surface area contributed by atoms with E-state index in [9.17, 15) is 9.59 Å². The van der Waals surface area contributed by atoms with E-state index in [0.29, 0.717) is 10.7 Å². The minimum absolute atomic E-state index is 0.105. The van der Waals surface area contributed by atoms with Crippen LogP contribution in [0.25, 0.3) is 0 Å². The van der Waals surface area contributed by atoms with Gasteiger partial charge in [0.25, 0.3) is 0 Å². The van der Waals surface area contributed by atoms with Gasteiger partial charge in [-0.1, -0.05) is 66.2 Å². The van der Waals surface area contributed by atoms with E-state index in [-0.39, 0.29) is 18.2 Å². The van der Waals surface area contributed by atoms with Gasteiger partial charge in [-0.3, -0.25) is 9.59 Å². The molecule has 0 aliphatic heterocycles. The Bertz CT molecular complexity index is 1360. The first-order chi connectivity index (χ1) is 17.4. The van der Waals surface area contributed by atoms with E-state index < -0.39 is 5.25 Å². The molecule has 36 heavy (non-hydrogen) atoms. The van der Waals surface area contributed by atoms with Crippen LogP contribution in [0.15, 0.2) is 102 Å². The van der Waals surface area contributed by atoms with E-state index >= 15 is 0 Å². The minimum Gasteiger partial charge on any atom is -0.326 e. The molecule has 2 amide bonds. The van der Waals surface area contributed by atoms with Crippen LogP contribution in [0.5, 0.6) is 0 Å². The lowest BCUT2D eigenvalue weighted by molar-refractivity contribution is -0.116. The standard InChI is InChI=1S/C30H27ClN2O2S/c1-20-11-16-26(17-21(20)2)33-30(35)29(23-7-4-3-5-8-23)36-27-10-6-9-25(19-27)32-28(34)18-22-12-14-24(31)15-13-22/h3-17,19,29H,18H2,1-2H3,(H,32,34)(H,33,35). The van der Waals surface area contributed by atoms with Crippen LogP contribution >= 0.6 is 23.4 Å². The largest absolute Gasteiger partial charge is 0.326 e. The number of aryl methyl sites for hydroxylation is 2. The second-order valence-corrected chi connectivity index (χ2v) is 10.2. The molecule has 0 aromatic heterocycles. The number of carbonyl (C=O) groups is 2. The Morgan fingerprint density at radius 1 is 0.778 bits per heavy atom. The SMILES string of the molecule is Cc1ccc(NC(=O)C(Sc2cccc(NC(=O)Cc3ccc(Cl)cc3)c2)c2ccccc2)cc1C. The summed E-state index contributed by atoms with van der Waals surface area (Å²) in [7, 11) is 0. The van der Waals surface area contributed by atoms with E-state index in [4.69, 9.17) is 11.6 Å². The predicted molar refractivity (Wildman–Crippen MR) is 150 cm³/mol. The molecule has 182 valence electrons. The Hall–Kier alpha value is -3.54. The summed E-state index contributed by atoms with van der Waals surface area (Å²) in [6, 6.07) is 30.4. The third kappa shape index (κ3) is 7.00. The third-order valence-corrected chi connectivity index (χ3v) is 7.26. The Balaban J connectivity index is 1.49. The van der Waals surface area contributed by atoms with E-state index in [1.807, 2.05) is 98.8 Å². The van der Waals surface area contributed by atoms with Crippen molar-refractivity contribution in [3.8, 4) is 0 Å². The maximum atomic E-state index is 13.4. The zero-order valence-electron chi connectivity index (χ0n) is 20.1. The summed E-state index contributed by atoms with van der Waals surface area (Å²) < 4.78 is 0. The first kappa shape index (κ1) is 25.5. The number of nitrogens with one attached hydrogen (secondary N) is 2. The maximum Gasteiger partial charge on any atom is 0.242 e. The number of amides is 2. The molecule has 0 aliphatic rings. The van der Waals surface area contributed by atoms with Crippen LogP contribution in [-0.4, -0.2) is 11.8 Å². The normalized spacial score (nSPS) is 11.5. The molecule has 0 aliphatic carbocycles. The fourth-order valence-electron chi connectivity index (χ4n) is 3.70. The van der Waals surface area contributed by atoms with Crippen LogP contribution < -0.4 is 10.6 Å². The van der Waals surface area contributed by atoms with Gasteiger partial charge in [-0.2, -0.15) is 0 Å². The lowest BCUT2D eigenvalue weighted by Crippen LogP contribution is -2.19. The van der Waals surface area contributed by atoms with Gasteiger partial charge in [0.15, 0.2) is 0 Å². The van der Waals surface area contributed by atoms with Crippen LogP contribution in [0.3, 0.4) is 0 Å². The summed E-state index contributed by atoms with van der Waals surface area (Å²) in [5.41, 5.74) is 5.54. The molecule has 0 heterocycles. The molecule has 0 radical (unpaired) electrons. The average molecular weight is 515 g/mol. The van der Waals surface area contributed by atoms with E-state index in [2.05, 4.69) is 10.6 Å². The number of thioether (sulfide) groups is 1. The lowest BCUT2D eigenvalue weighted by atomic mass is 10.1. The molecule has 0 saturated carbocycles. The smallest absolute Gasteiger partial charge is 0.242 e. The van der Waals surface area contributed by atoms with Crippen molar-refractivity contribution in [2.45, 2.75) is 30.4 Å². The number of benzene rings is 4. The van der Waals surface area contributed by atoms with Crippen molar-refractivity contribution >= 4 is 46.6 Å². The Morgan fingerprint density at radius 2 is 1.50 bits per heavy atom. The predicted octanol–water partition coefficient (Wildman–Crippen LogP) is 7.61. The maximum absolute atomic E-state index is 13.4. The highest BCUT2D eigenvalue weighted by Crippen LogP contribution is 2.37. The highest BCUT2D eigenvalue weighted by molar-refractivity contribution is 8.00. The molecule has 0 fully saturated rings. The van der Waals surface area contributed by atoms with Gasteiger partial charge in [-0.15, -0.1) is 11.8 Å². The fraction of sp³-hybridized carbons (Fsp3) is 0.133. The molecule has 6 heteroatoms. The topological polar surface area (TPSA) is 58.2 Å². The second-order valence-electron chi connectivity index (χ2n) is 8.58. The average Bonchev–Trinajstić information content (AvgIpc) is 2.87. The van der Waals surface area contributed by atoms with Crippen LogP contribution in [-0.2, 0) is 16.0 Å². The molecular formula is C30H27ClN2O2S. The fourth-order valence-corrected chi connectivity index (χ4v) is 4.91. The third-order valence-electron chi connectivity index (χ3n) is 5.76. The molecule has 4 aromatic carbocycles. The zero-order valence-corrected chi connectivity index (χ0v) is 21.7. The van der Waals surface area contributed by atoms with Crippen molar-refractivity contribution in [1.82, 2.24) is 0 Å². The molecule has 4 rings (SSSR count). The molecule has 4 aromatic rings. The number of hydrogen-bond donors (Lipinski definition) is 2. The molecular weight excluding hydrogens is 488 g/mol. The molecule has 0 spiro atoms. The molecule has 0 saturated heterocycles. The van der Waals surface area contributed by atoms with Gasteiger partial charge in [0, 0.05) is 21.3 Å². The number of rotatable bonds is 8. The summed E-state index contributed by atoms with van der Waals surface area (Å²) in [6.07, 6.45) is 0.250. The van der Waals surface area contributed by atoms with Crippen LogP contribution in [0.1, 0.15) is 27.5 Å². The number of carbonyl (C=O) groups excluding carboxylic acids is 2. The number of hydrogen-bond acceptors (Lipinski definition) is 3. The summed E-state index contributed by atoms with van der Waals surface area (Å²) in [4.78, 5) is 26.8. The minimum atomic E-state index is -0.465. The monoisotopic (exact) mass is 514 g/mol. The van der Waals surface area contributed by atoms with E-state index in [0.717, 1.165) is 27.3 Å². The van der Waals surface area contributed by atoms with Crippen molar-refractivity contribution in [2.24, 2.45) is 0 Å². The quantitative estimate of drug-likeness (QED) is 0.238. The van der Waals surface area contributed by atoms with Crippen molar-refractivity contribution in [3.05, 3.63) is 124 Å². The second kappa shape index (κ2) is 11.9. The molecule has 0 bridgehead atoms. The van der Waals surface area contributed by atoms with Crippen molar-refractivity contribution in [1.29, 1.82) is 0 Å². The Morgan fingerprint density at radius 3 is 2.22 bits per heavy atom. The van der Waals surface area contributed by atoms with Crippen LogP contribution in [0, 0.1) is 13.8 Å². The van der Waals surface area contributed by atoms with Crippen molar-refractivity contribution < 1.29 is 9.59 Å². The summed E-state index contributed by atoms with van der Waals surface area (Å²) >= 11 is 7.38. The number of halogens is 1. The van der Waals surface area contributed by atoms with Crippen molar-refractivity contribution in [3.63, 3.8) is 0 Å². The van der Waals surface area contributed by atoms with Gasteiger partial charge >= 0.3 is 0 Å². The van der Waals surface area contributed by atoms with E-state index in [1.54, 1.807) is 12.1 Å². The first-order valence-corrected chi connectivity index (χ1v) is 12.9. The highest BCUT2D eigenvalue weighted by Gasteiger charge is 2.22. The highest BCUT2D eigenvalue weighted by atomic mass is 35.5. The van der Waals surface area contributed by atoms with E-state index in [1.165, 1.54) is 17.3 Å². The summed E-state index contributed by atoms with van der Waals surface area (Å²) in [5, 5.41) is 6.19. The Kier molecular flexibility index (Phi) is 8.47. The first-order valence-electron chi connectivity index (χ1n) is 11.6. The Labute approximate surface area is 221 Å². The zero-order chi connectivity index (χ0) is 25.5. The lowest BCUT2D eigenvalue weighted by Gasteiger charge is -2.18. The van der Waals surface area contributed by atoms with Gasteiger partial charge in [-0.25, -0.2) is 0 Å². The van der Waals surface area contributed by atoms with Gasteiger partial charge in [0.2, 0.25) is 11.8 Å². The van der Waals surface area contributed by atoms with Gasteiger partial charge in [0.05, 0.1) is 6.42 Å². The van der Waals surface area contributed by atoms with Crippen molar-refractivity contribution in [2.75, 3.05) is 10.6 Å². The molecule has 4 nitrogen and oxygen atoms in total. The summed E-state index contributed by atoms with van der Waals surface area (Å²) in [6.45, 7) is 4.08. The summed E-state index contributed by atoms with van der Waals surface area (Å²) in [5.74, 6) is -0.224.